The highest BCUT2D eigenvalue weighted by atomic mass is 32.2. The molecule has 7 heteroatoms. The van der Waals surface area contributed by atoms with Gasteiger partial charge in [0.05, 0.1) is 15.5 Å². The third-order valence-corrected chi connectivity index (χ3v) is 7.64. The van der Waals surface area contributed by atoms with Gasteiger partial charge in [0.25, 0.3) is 0 Å². The van der Waals surface area contributed by atoms with Crippen molar-refractivity contribution in [3.63, 3.8) is 0 Å². The maximum Gasteiger partial charge on any atom is 0.323 e. The zero-order chi connectivity index (χ0) is 24.3. The molecular formula is C27H24FNO4S. The molecule has 0 unspecified atom stereocenters. The molecule has 0 aliphatic rings. The molecular weight excluding hydrogens is 453 g/mol. The SMILES string of the molecule is CCc1c(Cc2ccccc2S(=O)(=O)c2ccccc2)cc(-c2ccccc2F)n1CC(=O)O. The monoisotopic (exact) mass is 477 g/mol. The van der Waals surface area contributed by atoms with Gasteiger partial charge in [0.15, 0.2) is 0 Å². The van der Waals surface area contributed by atoms with Gasteiger partial charge in [0.1, 0.15) is 12.4 Å². The van der Waals surface area contributed by atoms with E-state index >= 15 is 0 Å². The average molecular weight is 478 g/mol. The molecule has 0 fully saturated rings. The van der Waals surface area contributed by atoms with Crippen LogP contribution in [0.1, 0.15) is 23.7 Å². The number of hydrogen-bond acceptors (Lipinski definition) is 3. The van der Waals surface area contributed by atoms with Crippen molar-refractivity contribution in [3.05, 3.63) is 108 Å². The first-order valence-electron chi connectivity index (χ1n) is 10.9. The number of hydrogen-bond donors (Lipinski definition) is 1. The number of halogens is 1. The van der Waals surface area contributed by atoms with Crippen molar-refractivity contribution in [1.29, 1.82) is 0 Å². The van der Waals surface area contributed by atoms with Crippen molar-refractivity contribution in [1.82, 2.24) is 4.57 Å². The first kappa shape index (κ1) is 23.4. The van der Waals surface area contributed by atoms with E-state index in [1.54, 1.807) is 83.4 Å². The highest BCUT2D eigenvalue weighted by Crippen LogP contribution is 2.32. The molecule has 0 aliphatic heterocycles. The van der Waals surface area contributed by atoms with E-state index in [-0.39, 0.29) is 22.8 Å². The van der Waals surface area contributed by atoms with E-state index < -0.39 is 21.6 Å². The smallest absolute Gasteiger partial charge is 0.323 e. The van der Waals surface area contributed by atoms with Crippen molar-refractivity contribution in [2.75, 3.05) is 0 Å². The molecule has 4 aromatic rings. The number of carboxylic acids is 1. The Labute approximate surface area is 198 Å². The van der Waals surface area contributed by atoms with Crippen LogP contribution in [0.5, 0.6) is 0 Å². The summed E-state index contributed by atoms with van der Waals surface area (Å²) in [7, 11) is -3.75. The lowest BCUT2D eigenvalue weighted by atomic mass is 10.0. The Morgan fingerprint density at radius 2 is 1.56 bits per heavy atom. The van der Waals surface area contributed by atoms with Crippen LogP contribution >= 0.6 is 0 Å². The van der Waals surface area contributed by atoms with Gasteiger partial charge < -0.3 is 9.67 Å². The molecule has 1 N–H and O–H groups in total. The molecule has 1 heterocycles. The molecule has 0 radical (unpaired) electrons. The van der Waals surface area contributed by atoms with Crippen molar-refractivity contribution >= 4 is 15.8 Å². The van der Waals surface area contributed by atoms with E-state index in [1.807, 2.05) is 6.92 Å². The van der Waals surface area contributed by atoms with E-state index in [9.17, 15) is 22.7 Å². The molecule has 0 saturated heterocycles. The fourth-order valence-electron chi connectivity index (χ4n) is 4.27. The van der Waals surface area contributed by atoms with Crippen LogP contribution in [0.2, 0.25) is 0 Å². The predicted molar refractivity (Wildman–Crippen MR) is 128 cm³/mol. The second kappa shape index (κ2) is 9.65. The zero-order valence-corrected chi connectivity index (χ0v) is 19.4. The van der Waals surface area contributed by atoms with Crippen LogP contribution < -0.4 is 0 Å². The van der Waals surface area contributed by atoms with Gasteiger partial charge in [-0.05, 0) is 53.9 Å². The maximum atomic E-state index is 14.6. The largest absolute Gasteiger partial charge is 0.480 e. The number of aliphatic carboxylic acids is 1. The summed E-state index contributed by atoms with van der Waals surface area (Å²) in [6, 6.07) is 23.0. The molecule has 4 rings (SSSR count). The van der Waals surface area contributed by atoms with Crippen molar-refractivity contribution < 1.29 is 22.7 Å². The van der Waals surface area contributed by atoms with Crippen LogP contribution in [0.4, 0.5) is 4.39 Å². The molecule has 0 amide bonds. The minimum absolute atomic E-state index is 0.196. The lowest BCUT2D eigenvalue weighted by Crippen LogP contribution is -2.13. The standard InChI is InChI=1S/C27H24FNO4S/c1-2-24-20(17-25(29(24)18-27(30)31)22-13-7-8-14-23(22)28)16-19-10-6-9-15-26(19)34(32,33)21-11-4-3-5-12-21/h3-15,17H,2,16,18H2,1H3,(H,30,31). The summed E-state index contributed by atoms with van der Waals surface area (Å²) in [5.74, 6) is -1.49. The molecule has 1 aromatic heterocycles. The van der Waals surface area contributed by atoms with Crippen LogP contribution in [0, 0.1) is 5.82 Å². The molecule has 174 valence electrons. The molecule has 0 saturated carbocycles. The Morgan fingerprint density at radius 1 is 0.912 bits per heavy atom. The Morgan fingerprint density at radius 3 is 2.24 bits per heavy atom. The van der Waals surface area contributed by atoms with E-state index in [0.29, 0.717) is 23.2 Å². The lowest BCUT2D eigenvalue weighted by Gasteiger charge is -2.13. The molecule has 0 atom stereocenters. The highest BCUT2D eigenvalue weighted by Gasteiger charge is 2.24. The molecule has 0 aliphatic carbocycles. The van der Waals surface area contributed by atoms with Crippen LogP contribution in [0.15, 0.2) is 94.7 Å². The minimum atomic E-state index is -3.75. The highest BCUT2D eigenvalue weighted by molar-refractivity contribution is 7.91. The van der Waals surface area contributed by atoms with Gasteiger partial charge in [-0.1, -0.05) is 55.5 Å². The van der Waals surface area contributed by atoms with E-state index in [2.05, 4.69) is 0 Å². The molecule has 0 spiro atoms. The second-order valence-corrected chi connectivity index (χ2v) is 9.83. The number of aromatic nitrogens is 1. The van der Waals surface area contributed by atoms with Gasteiger partial charge in [-0.25, -0.2) is 12.8 Å². The number of carboxylic acid groups (broad SMARTS) is 1. The van der Waals surface area contributed by atoms with E-state index in [0.717, 1.165) is 11.3 Å². The van der Waals surface area contributed by atoms with Crippen molar-refractivity contribution in [2.24, 2.45) is 0 Å². The molecule has 5 nitrogen and oxygen atoms in total. The van der Waals surface area contributed by atoms with Crippen LogP contribution in [-0.2, 0) is 34.0 Å². The predicted octanol–water partition coefficient (Wildman–Crippen LogP) is 5.36. The van der Waals surface area contributed by atoms with Gasteiger partial charge in [0.2, 0.25) is 9.84 Å². The Bertz CT molecular complexity index is 1440. The first-order valence-corrected chi connectivity index (χ1v) is 12.4. The molecule has 0 bridgehead atoms. The summed E-state index contributed by atoms with van der Waals surface area (Å²) in [6.45, 7) is 1.58. The summed E-state index contributed by atoms with van der Waals surface area (Å²) in [5.41, 5.74) is 2.84. The van der Waals surface area contributed by atoms with Gasteiger partial charge in [-0.15, -0.1) is 0 Å². The summed E-state index contributed by atoms with van der Waals surface area (Å²) in [4.78, 5) is 12.0. The lowest BCUT2D eigenvalue weighted by molar-refractivity contribution is -0.137. The van der Waals surface area contributed by atoms with Crippen molar-refractivity contribution in [3.8, 4) is 11.3 Å². The van der Waals surface area contributed by atoms with Crippen molar-refractivity contribution in [2.45, 2.75) is 36.1 Å². The minimum Gasteiger partial charge on any atom is -0.480 e. The maximum absolute atomic E-state index is 14.6. The van der Waals surface area contributed by atoms with Crippen LogP contribution in [0.25, 0.3) is 11.3 Å². The number of carbonyl (C=O) groups is 1. The normalized spacial score (nSPS) is 11.5. The van der Waals surface area contributed by atoms with Gasteiger partial charge in [0, 0.05) is 17.7 Å². The van der Waals surface area contributed by atoms with E-state index in [1.165, 1.54) is 6.07 Å². The van der Waals surface area contributed by atoms with E-state index in [4.69, 9.17) is 0 Å². The number of rotatable bonds is 8. The zero-order valence-electron chi connectivity index (χ0n) is 18.6. The third kappa shape index (κ3) is 4.52. The second-order valence-electron chi connectivity index (χ2n) is 7.92. The quantitative estimate of drug-likeness (QED) is 0.370. The fraction of sp³-hybridized carbons (Fsp3) is 0.148. The number of nitrogens with zero attached hydrogens (tertiary/aromatic N) is 1. The Balaban J connectivity index is 1.85. The summed E-state index contributed by atoms with van der Waals surface area (Å²) in [6.07, 6.45) is 0.768. The van der Waals surface area contributed by atoms with Gasteiger partial charge >= 0.3 is 5.97 Å². The summed E-state index contributed by atoms with van der Waals surface area (Å²) in [5, 5.41) is 9.51. The summed E-state index contributed by atoms with van der Waals surface area (Å²) >= 11 is 0. The topological polar surface area (TPSA) is 76.4 Å². The average Bonchev–Trinajstić information content (AvgIpc) is 3.16. The Hall–Kier alpha value is -3.71. The fourth-order valence-corrected chi connectivity index (χ4v) is 5.78. The van der Waals surface area contributed by atoms with Gasteiger partial charge in [-0.2, -0.15) is 0 Å². The third-order valence-electron chi connectivity index (χ3n) is 5.77. The molecule has 3 aromatic carbocycles. The molecule has 34 heavy (non-hydrogen) atoms. The van der Waals surface area contributed by atoms with Gasteiger partial charge in [-0.3, -0.25) is 4.79 Å². The summed E-state index contributed by atoms with van der Waals surface area (Å²) < 4.78 is 42.9. The Kier molecular flexibility index (Phi) is 6.65. The van der Waals surface area contributed by atoms with Crippen LogP contribution in [-0.4, -0.2) is 24.1 Å². The van der Waals surface area contributed by atoms with Crippen LogP contribution in [0.3, 0.4) is 0 Å². The first-order chi connectivity index (χ1) is 16.3. The number of sulfone groups is 1. The number of benzene rings is 3.